The van der Waals surface area contributed by atoms with Gasteiger partial charge in [-0.15, -0.1) is 0 Å². The van der Waals surface area contributed by atoms with Gasteiger partial charge in [-0.2, -0.15) is 0 Å². The summed E-state index contributed by atoms with van der Waals surface area (Å²) < 4.78 is 16.6. The molecule has 0 aliphatic rings. The van der Waals surface area contributed by atoms with E-state index < -0.39 is 6.10 Å². The van der Waals surface area contributed by atoms with Gasteiger partial charge in [-0.3, -0.25) is 14.4 Å². The highest BCUT2D eigenvalue weighted by Crippen LogP contribution is 2.12. The van der Waals surface area contributed by atoms with Gasteiger partial charge in [0.2, 0.25) is 0 Å². The first kappa shape index (κ1) is 50.9. The second-order valence-corrected chi connectivity index (χ2v) is 14.2. The Balaban J connectivity index is 4.45. The van der Waals surface area contributed by atoms with Crippen LogP contribution in [-0.2, 0) is 28.6 Å². The molecule has 6 nitrogen and oxygen atoms in total. The van der Waals surface area contributed by atoms with E-state index in [1.807, 2.05) is 0 Å². The van der Waals surface area contributed by atoms with Crippen molar-refractivity contribution in [2.24, 2.45) is 0 Å². The Kier molecular flexibility index (Phi) is 40.1. The number of unbranched alkanes of at least 4 members (excludes halogenated alkanes) is 15. The van der Waals surface area contributed by atoms with Gasteiger partial charge < -0.3 is 14.2 Å². The number of esters is 3. The quantitative estimate of drug-likeness (QED) is 0.0270. The van der Waals surface area contributed by atoms with Gasteiger partial charge in [0.05, 0.1) is 0 Å². The van der Waals surface area contributed by atoms with E-state index in [0.717, 1.165) is 116 Å². The third kappa shape index (κ3) is 40.0. The topological polar surface area (TPSA) is 78.9 Å². The molecule has 0 bridgehead atoms. The number of carbonyl (C=O) groups is 3. The van der Waals surface area contributed by atoms with Crippen molar-refractivity contribution in [3.8, 4) is 0 Å². The average molecular weight is 753 g/mol. The fourth-order valence-corrected chi connectivity index (χ4v) is 5.64. The van der Waals surface area contributed by atoms with Crippen LogP contribution >= 0.6 is 0 Å². The summed E-state index contributed by atoms with van der Waals surface area (Å²) in [6.07, 6.45) is 51.7. The van der Waals surface area contributed by atoms with Crippen molar-refractivity contribution < 1.29 is 28.6 Å². The zero-order valence-corrected chi connectivity index (χ0v) is 35.0. The monoisotopic (exact) mass is 753 g/mol. The van der Waals surface area contributed by atoms with Crippen molar-refractivity contribution in [1.29, 1.82) is 0 Å². The molecule has 0 saturated heterocycles. The number of carbonyl (C=O) groups excluding carboxylic acids is 3. The molecule has 0 fully saturated rings. The Morgan fingerprint density at radius 1 is 0.389 bits per heavy atom. The van der Waals surface area contributed by atoms with Crippen molar-refractivity contribution in [2.75, 3.05) is 13.2 Å². The minimum atomic E-state index is -0.794. The van der Waals surface area contributed by atoms with Gasteiger partial charge in [0.1, 0.15) is 13.2 Å². The minimum Gasteiger partial charge on any atom is -0.462 e. The van der Waals surface area contributed by atoms with Gasteiger partial charge in [0.15, 0.2) is 6.10 Å². The SMILES string of the molecule is CC/C=C\C/C=C\C/C=C\C/C=C\CCCCC(=O)OCC(COC(=O)CCCCCCCCCC)OC(=O)CCCCCCC/C=C\C/C=C\CCC. The van der Waals surface area contributed by atoms with Gasteiger partial charge in [-0.1, -0.05) is 164 Å². The predicted octanol–water partition coefficient (Wildman–Crippen LogP) is 13.9. The van der Waals surface area contributed by atoms with Crippen molar-refractivity contribution in [1.82, 2.24) is 0 Å². The largest absolute Gasteiger partial charge is 0.462 e. The molecule has 0 aromatic rings. The molecule has 0 heterocycles. The lowest BCUT2D eigenvalue weighted by Crippen LogP contribution is -2.30. The summed E-state index contributed by atoms with van der Waals surface area (Å²) >= 11 is 0. The molecule has 6 heteroatoms. The lowest BCUT2D eigenvalue weighted by Gasteiger charge is -2.18. The Hall–Kier alpha value is -3.15. The van der Waals surface area contributed by atoms with E-state index in [1.165, 1.54) is 38.5 Å². The van der Waals surface area contributed by atoms with Crippen molar-refractivity contribution in [2.45, 2.75) is 200 Å². The number of rotatable bonds is 38. The maximum absolute atomic E-state index is 12.7. The second-order valence-electron chi connectivity index (χ2n) is 14.2. The minimum absolute atomic E-state index is 0.0946. The van der Waals surface area contributed by atoms with E-state index in [9.17, 15) is 14.4 Å². The lowest BCUT2D eigenvalue weighted by atomic mass is 10.1. The summed E-state index contributed by atoms with van der Waals surface area (Å²) in [5.74, 6) is -0.964. The summed E-state index contributed by atoms with van der Waals surface area (Å²) in [5, 5.41) is 0. The summed E-state index contributed by atoms with van der Waals surface area (Å²) in [7, 11) is 0. The van der Waals surface area contributed by atoms with Gasteiger partial charge >= 0.3 is 17.9 Å². The maximum atomic E-state index is 12.7. The Bertz CT molecular complexity index is 1050. The molecule has 308 valence electrons. The van der Waals surface area contributed by atoms with Crippen LogP contribution in [0.1, 0.15) is 194 Å². The van der Waals surface area contributed by atoms with E-state index in [0.29, 0.717) is 19.3 Å². The zero-order chi connectivity index (χ0) is 39.4. The van der Waals surface area contributed by atoms with E-state index in [2.05, 4.69) is 93.7 Å². The van der Waals surface area contributed by atoms with E-state index in [-0.39, 0.29) is 31.1 Å². The Morgan fingerprint density at radius 2 is 0.759 bits per heavy atom. The molecule has 1 unspecified atom stereocenters. The Labute approximate surface area is 332 Å². The van der Waals surface area contributed by atoms with Crippen molar-refractivity contribution >= 4 is 17.9 Å². The molecule has 1 atom stereocenters. The van der Waals surface area contributed by atoms with Crippen LogP contribution in [0.3, 0.4) is 0 Å². The van der Waals surface area contributed by atoms with Gasteiger partial charge in [-0.25, -0.2) is 0 Å². The first-order chi connectivity index (χ1) is 26.5. The fourth-order valence-electron chi connectivity index (χ4n) is 5.64. The molecule has 0 aliphatic heterocycles. The highest BCUT2D eigenvalue weighted by molar-refractivity contribution is 5.71. The molecule has 0 amide bonds. The lowest BCUT2D eigenvalue weighted by molar-refractivity contribution is -0.167. The summed E-state index contributed by atoms with van der Waals surface area (Å²) in [6.45, 7) is 6.35. The molecular formula is C48H80O6. The highest BCUT2D eigenvalue weighted by Gasteiger charge is 2.19. The van der Waals surface area contributed by atoms with Crippen molar-refractivity contribution in [3.05, 3.63) is 72.9 Å². The van der Waals surface area contributed by atoms with Crippen LogP contribution in [0.25, 0.3) is 0 Å². The van der Waals surface area contributed by atoms with Crippen LogP contribution in [0.15, 0.2) is 72.9 Å². The normalized spacial score (nSPS) is 12.7. The summed E-state index contributed by atoms with van der Waals surface area (Å²) in [4.78, 5) is 37.6. The first-order valence-corrected chi connectivity index (χ1v) is 21.9. The molecule has 0 aromatic heterocycles. The molecule has 54 heavy (non-hydrogen) atoms. The third-order valence-electron chi connectivity index (χ3n) is 8.93. The van der Waals surface area contributed by atoms with Crippen LogP contribution in [0, 0.1) is 0 Å². The Morgan fingerprint density at radius 3 is 1.24 bits per heavy atom. The molecular weight excluding hydrogens is 673 g/mol. The van der Waals surface area contributed by atoms with E-state index in [4.69, 9.17) is 14.2 Å². The second kappa shape index (κ2) is 42.6. The van der Waals surface area contributed by atoms with E-state index in [1.54, 1.807) is 0 Å². The predicted molar refractivity (Wildman–Crippen MR) is 228 cm³/mol. The van der Waals surface area contributed by atoms with Crippen molar-refractivity contribution in [3.63, 3.8) is 0 Å². The standard InChI is InChI=1S/C48H80O6/c1-4-7-10-13-16-19-21-23-24-26-27-29-32-35-38-41-47(50)53-44-45(43-52-46(49)40-37-34-31-18-15-12-9-6-3)54-48(51)42-39-36-33-30-28-25-22-20-17-14-11-8-5-2/h7,10-11,14,16,19-20,22-24,27,29,45H,4-6,8-9,12-13,15,17-18,21,25-26,28,30-44H2,1-3H3/b10-7-,14-11-,19-16-,22-20-,24-23-,29-27-. The van der Waals surface area contributed by atoms with Crippen LogP contribution in [-0.4, -0.2) is 37.2 Å². The molecule has 0 N–H and O–H groups in total. The number of hydrogen-bond donors (Lipinski definition) is 0. The van der Waals surface area contributed by atoms with Crippen LogP contribution in [0.5, 0.6) is 0 Å². The van der Waals surface area contributed by atoms with Crippen LogP contribution in [0.4, 0.5) is 0 Å². The first-order valence-electron chi connectivity index (χ1n) is 21.9. The zero-order valence-electron chi connectivity index (χ0n) is 35.0. The van der Waals surface area contributed by atoms with Crippen LogP contribution < -0.4 is 0 Å². The number of hydrogen-bond acceptors (Lipinski definition) is 6. The van der Waals surface area contributed by atoms with Gasteiger partial charge in [0, 0.05) is 19.3 Å². The van der Waals surface area contributed by atoms with Gasteiger partial charge in [0.25, 0.3) is 0 Å². The number of ether oxygens (including phenoxy) is 3. The molecule has 0 spiro atoms. The number of allylic oxidation sites excluding steroid dienone is 12. The average Bonchev–Trinajstić information content (AvgIpc) is 3.17. The van der Waals surface area contributed by atoms with Crippen LogP contribution in [0.2, 0.25) is 0 Å². The molecule has 0 aromatic carbocycles. The highest BCUT2D eigenvalue weighted by atomic mass is 16.6. The maximum Gasteiger partial charge on any atom is 0.306 e. The van der Waals surface area contributed by atoms with E-state index >= 15 is 0 Å². The molecule has 0 radical (unpaired) electrons. The molecule has 0 saturated carbocycles. The van der Waals surface area contributed by atoms with Gasteiger partial charge in [-0.05, 0) is 83.5 Å². The molecule has 0 aliphatic carbocycles. The third-order valence-corrected chi connectivity index (χ3v) is 8.93. The molecule has 0 rings (SSSR count). The summed E-state index contributed by atoms with van der Waals surface area (Å²) in [5.41, 5.74) is 0. The summed E-state index contributed by atoms with van der Waals surface area (Å²) in [6, 6.07) is 0. The smallest absolute Gasteiger partial charge is 0.306 e. The fraction of sp³-hybridized carbons (Fsp3) is 0.688.